The van der Waals surface area contributed by atoms with Crippen LogP contribution in [0.5, 0.6) is 0 Å². The fourth-order valence-electron chi connectivity index (χ4n) is 3.49. The van der Waals surface area contributed by atoms with Gasteiger partial charge in [-0.25, -0.2) is 9.67 Å². The monoisotopic (exact) mass is 534 g/mol. The summed E-state index contributed by atoms with van der Waals surface area (Å²) in [7, 11) is 0. The normalized spacial score (nSPS) is 14.3. The Labute approximate surface area is 198 Å². The number of benzene rings is 1. The minimum absolute atomic E-state index is 0. The molecule has 3 aromatic rings. The summed E-state index contributed by atoms with van der Waals surface area (Å²) in [4.78, 5) is 21.3. The molecule has 9 heteroatoms. The molecule has 0 spiro atoms. The Morgan fingerprint density at radius 2 is 1.94 bits per heavy atom. The summed E-state index contributed by atoms with van der Waals surface area (Å²) in [6.45, 7) is 6.15. The standard InChI is InChI=1S/C22H26N6O2.HI/c1-2-23-22(24-17-18-6-3-7-19(16-18)28-10-5-9-25-28)27-13-11-26(12-14-27)21(29)20-8-4-15-30-20;/h3-10,15-16H,2,11-14,17H2,1H3,(H,23,24);1H. The molecule has 1 amide bonds. The maximum Gasteiger partial charge on any atom is 0.289 e. The lowest BCUT2D eigenvalue weighted by molar-refractivity contribution is 0.0657. The van der Waals surface area contributed by atoms with Gasteiger partial charge in [0, 0.05) is 45.1 Å². The zero-order valence-electron chi connectivity index (χ0n) is 17.5. The minimum atomic E-state index is -0.0583. The summed E-state index contributed by atoms with van der Waals surface area (Å²) in [6, 6.07) is 13.6. The molecular formula is C22H27IN6O2. The first-order valence-electron chi connectivity index (χ1n) is 10.2. The van der Waals surface area contributed by atoms with Crippen molar-refractivity contribution < 1.29 is 9.21 Å². The lowest BCUT2D eigenvalue weighted by atomic mass is 10.2. The first-order valence-corrected chi connectivity index (χ1v) is 10.2. The van der Waals surface area contributed by atoms with Crippen molar-refractivity contribution in [1.29, 1.82) is 0 Å². The van der Waals surface area contributed by atoms with E-state index in [0.717, 1.165) is 36.8 Å². The number of amides is 1. The lowest BCUT2D eigenvalue weighted by Gasteiger charge is -2.36. The molecule has 2 aromatic heterocycles. The molecule has 0 saturated carbocycles. The van der Waals surface area contributed by atoms with E-state index in [1.54, 1.807) is 18.3 Å². The van der Waals surface area contributed by atoms with Crippen LogP contribution in [0, 0.1) is 0 Å². The second-order valence-electron chi connectivity index (χ2n) is 7.05. The van der Waals surface area contributed by atoms with Crippen molar-refractivity contribution in [3.05, 3.63) is 72.4 Å². The summed E-state index contributed by atoms with van der Waals surface area (Å²) in [5.74, 6) is 1.20. The van der Waals surface area contributed by atoms with Gasteiger partial charge in [0.2, 0.25) is 0 Å². The molecule has 0 radical (unpaired) electrons. The van der Waals surface area contributed by atoms with Crippen LogP contribution in [0.15, 0.2) is 70.5 Å². The highest BCUT2D eigenvalue weighted by Crippen LogP contribution is 2.12. The number of hydrogen-bond acceptors (Lipinski definition) is 4. The highest BCUT2D eigenvalue weighted by atomic mass is 127. The molecule has 4 rings (SSSR count). The number of carbonyl (C=O) groups is 1. The molecule has 31 heavy (non-hydrogen) atoms. The number of nitrogens with zero attached hydrogens (tertiary/aromatic N) is 5. The average molecular weight is 534 g/mol. The topological polar surface area (TPSA) is 78.9 Å². The van der Waals surface area contributed by atoms with Crippen LogP contribution in [0.25, 0.3) is 5.69 Å². The van der Waals surface area contributed by atoms with E-state index in [4.69, 9.17) is 9.41 Å². The summed E-state index contributed by atoms with van der Waals surface area (Å²) in [5, 5.41) is 7.66. The Balaban J connectivity index is 0.00000272. The largest absolute Gasteiger partial charge is 0.459 e. The molecule has 1 aliphatic rings. The molecule has 0 bridgehead atoms. The zero-order chi connectivity index (χ0) is 20.8. The maximum atomic E-state index is 12.5. The predicted octanol–water partition coefficient (Wildman–Crippen LogP) is 3.01. The average Bonchev–Trinajstić information content (AvgIpc) is 3.51. The van der Waals surface area contributed by atoms with Crippen molar-refractivity contribution in [1.82, 2.24) is 24.9 Å². The number of aromatic nitrogens is 2. The van der Waals surface area contributed by atoms with Crippen LogP contribution in [0.1, 0.15) is 23.0 Å². The fraction of sp³-hybridized carbons (Fsp3) is 0.318. The Hall–Kier alpha value is -2.82. The second kappa shape index (κ2) is 11.0. The molecule has 0 aliphatic carbocycles. The Kier molecular flexibility index (Phi) is 8.10. The van der Waals surface area contributed by atoms with Crippen molar-refractivity contribution in [3.63, 3.8) is 0 Å². The second-order valence-corrected chi connectivity index (χ2v) is 7.05. The number of piperazine rings is 1. The SMILES string of the molecule is CCNC(=NCc1cccc(-n2cccn2)c1)N1CCN(C(=O)c2ccco2)CC1.I. The van der Waals surface area contributed by atoms with Crippen LogP contribution < -0.4 is 5.32 Å². The van der Waals surface area contributed by atoms with E-state index < -0.39 is 0 Å². The molecule has 164 valence electrons. The van der Waals surface area contributed by atoms with Crippen LogP contribution in [0.4, 0.5) is 0 Å². The third-order valence-corrected chi connectivity index (χ3v) is 5.02. The summed E-state index contributed by atoms with van der Waals surface area (Å²) in [6.07, 6.45) is 5.22. The van der Waals surface area contributed by atoms with Crippen molar-refractivity contribution >= 4 is 35.8 Å². The number of aliphatic imine (C=N–C) groups is 1. The van der Waals surface area contributed by atoms with E-state index in [9.17, 15) is 4.79 Å². The van der Waals surface area contributed by atoms with Gasteiger partial charge < -0.3 is 19.5 Å². The summed E-state index contributed by atoms with van der Waals surface area (Å²) >= 11 is 0. The number of hydrogen-bond donors (Lipinski definition) is 1. The van der Waals surface area contributed by atoms with E-state index >= 15 is 0 Å². The van der Waals surface area contributed by atoms with Crippen molar-refractivity contribution in [2.24, 2.45) is 4.99 Å². The van der Waals surface area contributed by atoms with Gasteiger partial charge in [-0.15, -0.1) is 24.0 Å². The van der Waals surface area contributed by atoms with E-state index in [2.05, 4.69) is 34.4 Å². The van der Waals surface area contributed by atoms with E-state index in [1.165, 1.54) is 6.26 Å². The highest BCUT2D eigenvalue weighted by Gasteiger charge is 2.25. The molecule has 1 aliphatic heterocycles. The van der Waals surface area contributed by atoms with Crippen LogP contribution in [0.3, 0.4) is 0 Å². The lowest BCUT2D eigenvalue weighted by Crippen LogP contribution is -2.53. The number of nitrogens with one attached hydrogen (secondary N) is 1. The van der Waals surface area contributed by atoms with Gasteiger partial charge in [-0.05, 0) is 42.8 Å². The maximum absolute atomic E-state index is 12.5. The third kappa shape index (κ3) is 5.66. The van der Waals surface area contributed by atoms with Gasteiger partial charge in [-0.1, -0.05) is 12.1 Å². The van der Waals surface area contributed by atoms with Crippen LogP contribution in [0.2, 0.25) is 0 Å². The minimum Gasteiger partial charge on any atom is -0.459 e. The number of halogens is 1. The predicted molar refractivity (Wildman–Crippen MR) is 130 cm³/mol. The van der Waals surface area contributed by atoms with E-state index in [1.807, 2.05) is 34.0 Å². The van der Waals surface area contributed by atoms with Crippen molar-refractivity contribution in [3.8, 4) is 5.69 Å². The zero-order valence-corrected chi connectivity index (χ0v) is 19.8. The molecule has 8 nitrogen and oxygen atoms in total. The molecule has 3 heterocycles. The van der Waals surface area contributed by atoms with Gasteiger partial charge in [0.1, 0.15) is 0 Å². The first-order chi connectivity index (χ1) is 14.7. The summed E-state index contributed by atoms with van der Waals surface area (Å²) < 4.78 is 7.08. The first kappa shape index (κ1) is 22.9. The van der Waals surface area contributed by atoms with Crippen molar-refractivity contribution in [2.45, 2.75) is 13.5 Å². The molecule has 1 aromatic carbocycles. The third-order valence-electron chi connectivity index (χ3n) is 5.02. The van der Waals surface area contributed by atoms with Gasteiger partial charge in [-0.2, -0.15) is 5.10 Å². The molecule has 1 saturated heterocycles. The fourth-order valence-corrected chi connectivity index (χ4v) is 3.49. The van der Waals surface area contributed by atoms with Gasteiger partial charge in [0.25, 0.3) is 5.91 Å². The Morgan fingerprint density at radius 3 is 2.61 bits per heavy atom. The number of furan rings is 1. The van der Waals surface area contributed by atoms with E-state index in [0.29, 0.717) is 25.4 Å². The van der Waals surface area contributed by atoms with Crippen LogP contribution in [-0.4, -0.2) is 64.2 Å². The van der Waals surface area contributed by atoms with Crippen molar-refractivity contribution in [2.75, 3.05) is 32.7 Å². The number of carbonyl (C=O) groups excluding carboxylic acids is 1. The van der Waals surface area contributed by atoms with E-state index in [-0.39, 0.29) is 29.9 Å². The van der Waals surface area contributed by atoms with Gasteiger partial charge in [0.15, 0.2) is 11.7 Å². The highest BCUT2D eigenvalue weighted by molar-refractivity contribution is 14.0. The number of guanidine groups is 1. The molecule has 0 atom stereocenters. The smallest absolute Gasteiger partial charge is 0.289 e. The van der Waals surface area contributed by atoms with Crippen LogP contribution in [-0.2, 0) is 6.54 Å². The number of rotatable bonds is 5. The molecule has 0 unspecified atom stereocenters. The van der Waals surface area contributed by atoms with Crippen LogP contribution >= 0.6 is 24.0 Å². The molecule has 1 fully saturated rings. The Morgan fingerprint density at radius 1 is 1.13 bits per heavy atom. The quantitative estimate of drug-likeness (QED) is 0.310. The summed E-state index contributed by atoms with van der Waals surface area (Å²) in [5.41, 5.74) is 2.13. The van der Waals surface area contributed by atoms with Gasteiger partial charge in [-0.3, -0.25) is 4.79 Å². The molecular weight excluding hydrogens is 507 g/mol. The van der Waals surface area contributed by atoms with Gasteiger partial charge >= 0.3 is 0 Å². The van der Waals surface area contributed by atoms with Gasteiger partial charge in [0.05, 0.1) is 18.5 Å². The molecule has 1 N–H and O–H groups in total. The Bertz CT molecular complexity index is 979.